The summed E-state index contributed by atoms with van der Waals surface area (Å²) in [4.78, 5) is 15.0. The van der Waals surface area contributed by atoms with Gasteiger partial charge >= 0.3 is 5.97 Å². The molecule has 1 rings (SSSR count). The van der Waals surface area contributed by atoms with Gasteiger partial charge in [-0.15, -0.1) is 0 Å². The normalized spacial score (nSPS) is 18.4. The van der Waals surface area contributed by atoms with Crippen LogP contribution in [-0.2, 0) is 14.3 Å². The van der Waals surface area contributed by atoms with Gasteiger partial charge in [0.25, 0.3) is 0 Å². The lowest BCUT2D eigenvalue weighted by Gasteiger charge is -2.20. The summed E-state index contributed by atoms with van der Waals surface area (Å²) in [6, 6.07) is 0. The highest BCUT2D eigenvalue weighted by Gasteiger charge is 2.16. The van der Waals surface area contributed by atoms with Gasteiger partial charge in [0.15, 0.2) is 0 Å². The van der Waals surface area contributed by atoms with Crippen LogP contribution in [-0.4, -0.2) is 87.1 Å². The molecule has 1 aliphatic rings. The molecule has 0 unspecified atom stereocenters. The highest BCUT2D eigenvalue weighted by Crippen LogP contribution is 2.02. The number of hydrogen-bond donors (Lipinski definition) is 1. The lowest BCUT2D eigenvalue weighted by Crippen LogP contribution is -2.35. The molecule has 1 aliphatic heterocycles. The van der Waals surface area contributed by atoms with Crippen LogP contribution in [0.25, 0.3) is 0 Å². The fraction of sp³-hybridized carbons (Fsp3) is 0.923. The molecule has 6 heteroatoms. The van der Waals surface area contributed by atoms with E-state index in [1.807, 2.05) is 4.90 Å². The van der Waals surface area contributed by atoms with E-state index in [2.05, 4.69) is 4.90 Å². The lowest BCUT2D eigenvalue weighted by molar-refractivity contribution is -0.138. The van der Waals surface area contributed by atoms with Gasteiger partial charge < -0.3 is 14.6 Å². The van der Waals surface area contributed by atoms with Crippen molar-refractivity contribution >= 4 is 5.97 Å². The summed E-state index contributed by atoms with van der Waals surface area (Å²) in [5.41, 5.74) is 0. The Labute approximate surface area is 115 Å². The van der Waals surface area contributed by atoms with Crippen molar-refractivity contribution in [3.05, 3.63) is 0 Å². The van der Waals surface area contributed by atoms with Crippen molar-refractivity contribution in [3.8, 4) is 0 Å². The van der Waals surface area contributed by atoms with Gasteiger partial charge in [0, 0.05) is 46.5 Å². The number of carboxylic acid groups (broad SMARTS) is 1. The summed E-state index contributed by atoms with van der Waals surface area (Å²) in [7, 11) is 1.69. The third-order valence-corrected chi connectivity index (χ3v) is 3.23. The van der Waals surface area contributed by atoms with Gasteiger partial charge in [0.05, 0.1) is 13.2 Å². The van der Waals surface area contributed by atoms with Crippen molar-refractivity contribution in [2.24, 2.45) is 0 Å². The van der Waals surface area contributed by atoms with E-state index in [4.69, 9.17) is 14.6 Å². The molecule has 1 fully saturated rings. The quantitative estimate of drug-likeness (QED) is 0.603. The van der Waals surface area contributed by atoms with Crippen LogP contribution in [0.5, 0.6) is 0 Å². The monoisotopic (exact) mass is 274 g/mol. The van der Waals surface area contributed by atoms with Crippen LogP contribution in [0.3, 0.4) is 0 Å². The van der Waals surface area contributed by atoms with Crippen LogP contribution in [0, 0.1) is 0 Å². The molecule has 1 heterocycles. The van der Waals surface area contributed by atoms with Crippen molar-refractivity contribution < 1.29 is 19.4 Å². The van der Waals surface area contributed by atoms with Crippen molar-refractivity contribution in [2.75, 3.05) is 66.2 Å². The number of rotatable bonds is 9. The second kappa shape index (κ2) is 10.1. The van der Waals surface area contributed by atoms with Crippen molar-refractivity contribution in [2.45, 2.75) is 12.8 Å². The molecule has 0 amide bonds. The van der Waals surface area contributed by atoms with Gasteiger partial charge in [-0.05, 0) is 19.4 Å². The van der Waals surface area contributed by atoms with E-state index in [0.29, 0.717) is 0 Å². The zero-order valence-electron chi connectivity index (χ0n) is 11.8. The van der Waals surface area contributed by atoms with Crippen LogP contribution in [0.4, 0.5) is 0 Å². The Balaban J connectivity index is 2.07. The third kappa shape index (κ3) is 8.15. The molecule has 0 saturated carbocycles. The molecule has 19 heavy (non-hydrogen) atoms. The molecule has 0 spiro atoms. The van der Waals surface area contributed by atoms with Crippen molar-refractivity contribution in [3.63, 3.8) is 0 Å². The standard InChI is InChI=1S/C13H26N2O4/c1-18-9-3-10-19-11-8-14-4-2-5-15(7-6-14)12-13(16)17/h2-12H2,1H3,(H,16,17). The molecule has 0 radical (unpaired) electrons. The summed E-state index contributed by atoms with van der Waals surface area (Å²) in [5, 5.41) is 8.78. The Kier molecular flexibility index (Phi) is 8.73. The maximum Gasteiger partial charge on any atom is 0.317 e. The van der Waals surface area contributed by atoms with Gasteiger partial charge in [0.2, 0.25) is 0 Å². The van der Waals surface area contributed by atoms with E-state index in [1.165, 1.54) is 0 Å². The highest BCUT2D eigenvalue weighted by molar-refractivity contribution is 5.69. The van der Waals surface area contributed by atoms with Gasteiger partial charge in [-0.25, -0.2) is 0 Å². The van der Waals surface area contributed by atoms with Gasteiger partial charge in [-0.2, -0.15) is 0 Å². The summed E-state index contributed by atoms with van der Waals surface area (Å²) >= 11 is 0. The van der Waals surface area contributed by atoms with Crippen LogP contribution < -0.4 is 0 Å². The first-order valence-electron chi connectivity index (χ1n) is 6.95. The highest BCUT2D eigenvalue weighted by atomic mass is 16.5. The lowest BCUT2D eigenvalue weighted by atomic mass is 10.4. The molecule has 0 aromatic heterocycles. The molecule has 0 aromatic carbocycles. The molecule has 0 atom stereocenters. The topological polar surface area (TPSA) is 62.2 Å². The number of nitrogens with zero attached hydrogens (tertiary/aromatic N) is 2. The first-order valence-corrected chi connectivity index (χ1v) is 6.95. The molecule has 1 saturated heterocycles. The zero-order valence-corrected chi connectivity index (χ0v) is 11.8. The molecule has 6 nitrogen and oxygen atoms in total. The maximum absolute atomic E-state index is 10.7. The number of carbonyl (C=O) groups is 1. The maximum atomic E-state index is 10.7. The Morgan fingerprint density at radius 3 is 2.58 bits per heavy atom. The predicted molar refractivity (Wildman–Crippen MR) is 72.4 cm³/mol. The first kappa shape index (κ1) is 16.4. The summed E-state index contributed by atoms with van der Waals surface area (Å²) in [5.74, 6) is -0.741. The molecule has 1 N–H and O–H groups in total. The predicted octanol–water partition coefficient (Wildman–Crippen LogP) is 0.132. The van der Waals surface area contributed by atoms with Gasteiger partial charge in [-0.3, -0.25) is 14.6 Å². The zero-order chi connectivity index (χ0) is 13.9. The average Bonchev–Trinajstić information content (AvgIpc) is 2.59. The Morgan fingerprint density at radius 2 is 1.84 bits per heavy atom. The minimum absolute atomic E-state index is 0.154. The average molecular weight is 274 g/mol. The molecule has 0 aromatic rings. The van der Waals surface area contributed by atoms with Crippen LogP contribution in [0.15, 0.2) is 0 Å². The molecule has 0 aliphatic carbocycles. The van der Waals surface area contributed by atoms with Crippen LogP contribution >= 0.6 is 0 Å². The van der Waals surface area contributed by atoms with E-state index in [9.17, 15) is 4.79 Å². The summed E-state index contributed by atoms with van der Waals surface area (Å²) in [6.07, 6.45) is 1.96. The van der Waals surface area contributed by atoms with E-state index in [-0.39, 0.29) is 6.54 Å². The molecule has 112 valence electrons. The first-order chi connectivity index (χ1) is 9.22. The number of carboxylic acids is 1. The molecular formula is C13H26N2O4. The van der Waals surface area contributed by atoms with E-state index in [1.54, 1.807) is 7.11 Å². The fourth-order valence-electron chi connectivity index (χ4n) is 2.20. The summed E-state index contributed by atoms with van der Waals surface area (Å²) in [6.45, 7) is 6.96. The summed E-state index contributed by atoms with van der Waals surface area (Å²) < 4.78 is 10.5. The second-order valence-corrected chi connectivity index (χ2v) is 4.82. The molecule has 0 bridgehead atoms. The largest absolute Gasteiger partial charge is 0.480 e. The number of methoxy groups -OCH3 is 1. The number of aliphatic carboxylic acids is 1. The van der Waals surface area contributed by atoms with Gasteiger partial charge in [0.1, 0.15) is 0 Å². The smallest absolute Gasteiger partial charge is 0.317 e. The Bertz CT molecular complexity index is 251. The molecular weight excluding hydrogens is 248 g/mol. The number of hydrogen-bond acceptors (Lipinski definition) is 5. The minimum Gasteiger partial charge on any atom is -0.480 e. The number of ether oxygens (including phenoxy) is 2. The SMILES string of the molecule is COCCCOCCN1CCCN(CC(=O)O)CC1. The van der Waals surface area contributed by atoms with Gasteiger partial charge in [-0.1, -0.05) is 0 Å². The second-order valence-electron chi connectivity index (χ2n) is 4.82. The van der Waals surface area contributed by atoms with Crippen molar-refractivity contribution in [1.82, 2.24) is 9.80 Å². The third-order valence-electron chi connectivity index (χ3n) is 3.23. The van der Waals surface area contributed by atoms with E-state index >= 15 is 0 Å². The van der Waals surface area contributed by atoms with Crippen molar-refractivity contribution in [1.29, 1.82) is 0 Å². The Hall–Kier alpha value is -0.690. The van der Waals surface area contributed by atoms with E-state index < -0.39 is 5.97 Å². The minimum atomic E-state index is -0.741. The Morgan fingerprint density at radius 1 is 1.11 bits per heavy atom. The van der Waals surface area contributed by atoms with Crippen LogP contribution in [0.2, 0.25) is 0 Å². The fourth-order valence-corrected chi connectivity index (χ4v) is 2.20. The van der Waals surface area contributed by atoms with E-state index in [0.717, 1.165) is 65.4 Å². The van der Waals surface area contributed by atoms with Crippen LogP contribution in [0.1, 0.15) is 12.8 Å².